The van der Waals surface area contributed by atoms with Gasteiger partial charge in [0.1, 0.15) is 10.8 Å². The molecule has 0 unspecified atom stereocenters. The normalized spacial score (nSPS) is 11.4. The highest BCUT2D eigenvalue weighted by Gasteiger charge is 2.25. The number of hydrogen-bond donors (Lipinski definition) is 1. The average molecular weight is 254 g/mol. The summed E-state index contributed by atoms with van der Waals surface area (Å²) in [5.41, 5.74) is 6.59. The van der Waals surface area contributed by atoms with Crippen molar-refractivity contribution in [3.63, 3.8) is 0 Å². The van der Waals surface area contributed by atoms with Crippen LogP contribution in [0.15, 0.2) is 18.2 Å². The number of halogens is 1. The molecule has 0 saturated carbocycles. The first-order valence-corrected chi connectivity index (χ1v) is 6.04. The van der Waals surface area contributed by atoms with Gasteiger partial charge in [0.05, 0.1) is 11.3 Å². The summed E-state index contributed by atoms with van der Waals surface area (Å²) < 4.78 is 13.8. The monoisotopic (exact) mass is 254 g/mol. The van der Waals surface area contributed by atoms with Gasteiger partial charge < -0.3 is 10.6 Å². The summed E-state index contributed by atoms with van der Waals surface area (Å²) in [6.45, 7) is 6.29. The lowest BCUT2D eigenvalue weighted by Gasteiger charge is -2.37. The highest BCUT2D eigenvalue weighted by atomic mass is 32.1. The van der Waals surface area contributed by atoms with Crippen LogP contribution < -0.4 is 10.6 Å². The van der Waals surface area contributed by atoms with E-state index in [1.165, 1.54) is 6.07 Å². The first-order valence-electron chi connectivity index (χ1n) is 5.63. The predicted octanol–water partition coefficient (Wildman–Crippen LogP) is 3.08. The molecule has 4 heteroatoms. The van der Waals surface area contributed by atoms with E-state index in [-0.39, 0.29) is 16.3 Å². The first kappa shape index (κ1) is 13.9. The maximum atomic E-state index is 13.8. The van der Waals surface area contributed by atoms with Crippen molar-refractivity contribution in [2.75, 3.05) is 11.9 Å². The van der Waals surface area contributed by atoms with Gasteiger partial charge in [0.25, 0.3) is 0 Å². The van der Waals surface area contributed by atoms with Gasteiger partial charge in [-0.1, -0.05) is 25.2 Å². The van der Waals surface area contributed by atoms with Crippen LogP contribution in [0.3, 0.4) is 0 Å². The van der Waals surface area contributed by atoms with Crippen molar-refractivity contribution in [1.82, 2.24) is 0 Å². The molecule has 0 amide bonds. The molecule has 2 N–H and O–H groups in total. The molecule has 0 saturated heterocycles. The molecule has 0 atom stereocenters. The molecule has 2 nitrogen and oxygen atoms in total. The van der Waals surface area contributed by atoms with Gasteiger partial charge in [-0.2, -0.15) is 0 Å². The van der Waals surface area contributed by atoms with Crippen LogP contribution in [0.1, 0.15) is 32.8 Å². The Morgan fingerprint density at radius 2 is 2.06 bits per heavy atom. The van der Waals surface area contributed by atoms with Crippen LogP contribution >= 0.6 is 12.2 Å². The predicted molar refractivity (Wildman–Crippen MR) is 75.1 cm³/mol. The van der Waals surface area contributed by atoms with Crippen LogP contribution in [0.4, 0.5) is 10.1 Å². The number of anilines is 1. The number of benzene rings is 1. The fraction of sp³-hybridized carbons (Fsp3) is 0.462. The minimum atomic E-state index is -0.367. The van der Waals surface area contributed by atoms with E-state index in [2.05, 4.69) is 20.8 Å². The van der Waals surface area contributed by atoms with Crippen molar-refractivity contribution >= 4 is 22.9 Å². The zero-order valence-electron chi connectivity index (χ0n) is 10.7. The molecular weight excluding hydrogens is 235 g/mol. The van der Waals surface area contributed by atoms with Crippen molar-refractivity contribution in [2.45, 2.75) is 32.7 Å². The second-order valence-electron chi connectivity index (χ2n) is 4.72. The van der Waals surface area contributed by atoms with Crippen molar-refractivity contribution in [1.29, 1.82) is 0 Å². The number of hydrogen-bond acceptors (Lipinski definition) is 2. The van der Waals surface area contributed by atoms with Gasteiger partial charge >= 0.3 is 0 Å². The molecule has 0 aliphatic carbocycles. The quantitative estimate of drug-likeness (QED) is 0.837. The van der Waals surface area contributed by atoms with E-state index in [4.69, 9.17) is 18.0 Å². The van der Waals surface area contributed by atoms with Gasteiger partial charge in [0.2, 0.25) is 0 Å². The molecule has 17 heavy (non-hydrogen) atoms. The van der Waals surface area contributed by atoms with E-state index in [0.717, 1.165) is 12.1 Å². The fourth-order valence-corrected chi connectivity index (χ4v) is 1.80. The highest BCUT2D eigenvalue weighted by Crippen LogP contribution is 2.29. The molecule has 0 radical (unpaired) electrons. The molecule has 1 aromatic rings. The van der Waals surface area contributed by atoms with Gasteiger partial charge in [-0.3, -0.25) is 0 Å². The molecule has 0 heterocycles. The Morgan fingerprint density at radius 1 is 1.47 bits per heavy atom. The Labute approximate surface area is 108 Å². The summed E-state index contributed by atoms with van der Waals surface area (Å²) in [4.78, 5) is 2.11. The first-order chi connectivity index (χ1) is 7.81. The molecule has 94 valence electrons. The number of nitrogens with zero attached hydrogens (tertiary/aromatic N) is 1. The molecule has 0 spiro atoms. The molecule has 0 fully saturated rings. The summed E-state index contributed by atoms with van der Waals surface area (Å²) in [5.74, 6) is -0.367. The van der Waals surface area contributed by atoms with Crippen LogP contribution in [0.2, 0.25) is 0 Å². The summed E-state index contributed by atoms with van der Waals surface area (Å²) in [6.07, 6.45) is 0.941. The van der Waals surface area contributed by atoms with Crippen LogP contribution in [-0.2, 0) is 0 Å². The smallest absolute Gasteiger partial charge is 0.135 e. The number of nitrogens with two attached hydrogens (primary N) is 1. The van der Waals surface area contributed by atoms with Crippen molar-refractivity contribution in [3.05, 3.63) is 29.6 Å². The maximum Gasteiger partial charge on any atom is 0.135 e. The van der Waals surface area contributed by atoms with Crippen LogP contribution in [-0.4, -0.2) is 17.6 Å². The summed E-state index contributed by atoms with van der Waals surface area (Å²) in [7, 11) is 1.93. The van der Waals surface area contributed by atoms with Gasteiger partial charge in [-0.25, -0.2) is 4.39 Å². The van der Waals surface area contributed by atoms with Crippen molar-refractivity contribution < 1.29 is 4.39 Å². The van der Waals surface area contributed by atoms with Gasteiger partial charge in [-0.15, -0.1) is 0 Å². The largest absolute Gasteiger partial charge is 0.389 e. The van der Waals surface area contributed by atoms with Crippen molar-refractivity contribution in [2.24, 2.45) is 5.73 Å². The number of rotatable bonds is 4. The van der Waals surface area contributed by atoms with Gasteiger partial charge in [-0.05, 0) is 32.4 Å². The Hall–Kier alpha value is -1.16. The van der Waals surface area contributed by atoms with E-state index in [9.17, 15) is 4.39 Å². The molecule has 0 aliphatic heterocycles. The zero-order valence-corrected chi connectivity index (χ0v) is 11.6. The second-order valence-corrected chi connectivity index (χ2v) is 5.16. The maximum absolute atomic E-state index is 13.8. The topological polar surface area (TPSA) is 29.3 Å². The third-order valence-electron chi connectivity index (χ3n) is 3.37. The fourth-order valence-electron chi connectivity index (χ4n) is 1.60. The minimum absolute atomic E-state index is 0.0761. The molecule has 0 aromatic heterocycles. The van der Waals surface area contributed by atoms with Gasteiger partial charge in [0, 0.05) is 12.6 Å². The lowest BCUT2D eigenvalue weighted by molar-refractivity contribution is 0.469. The number of thiocarbonyl (C=S) groups is 1. The van der Waals surface area contributed by atoms with Crippen LogP contribution in [0, 0.1) is 5.82 Å². The Balaban J connectivity index is 3.32. The lowest BCUT2D eigenvalue weighted by Crippen LogP contribution is -2.41. The van der Waals surface area contributed by atoms with E-state index >= 15 is 0 Å². The van der Waals surface area contributed by atoms with Crippen molar-refractivity contribution in [3.8, 4) is 0 Å². The van der Waals surface area contributed by atoms with E-state index in [0.29, 0.717) is 5.56 Å². The Kier molecular flexibility index (Phi) is 4.09. The van der Waals surface area contributed by atoms with E-state index in [1.54, 1.807) is 6.07 Å². The molecule has 0 bridgehead atoms. The van der Waals surface area contributed by atoms with Gasteiger partial charge in [0.15, 0.2) is 0 Å². The summed E-state index contributed by atoms with van der Waals surface area (Å²) in [5, 5.41) is 0. The van der Waals surface area contributed by atoms with Crippen LogP contribution in [0.25, 0.3) is 0 Å². The zero-order chi connectivity index (χ0) is 13.2. The van der Waals surface area contributed by atoms with E-state index < -0.39 is 0 Å². The summed E-state index contributed by atoms with van der Waals surface area (Å²) >= 11 is 4.93. The third-order valence-corrected chi connectivity index (χ3v) is 3.58. The third kappa shape index (κ3) is 2.75. The summed E-state index contributed by atoms with van der Waals surface area (Å²) in [6, 6.07) is 4.90. The SMILES string of the molecule is CCC(C)(C)N(C)c1cccc(F)c1C(N)=S. The average Bonchev–Trinajstić information content (AvgIpc) is 2.27. The lowest BCUT2D eigenvalue weighted by atomic mass is 9.98. The molecule has 1 aromatic carbocycles. The molecule has 1 rings (SSSR count). The van der Waals surface area contributed by atoms with E-state index in [1.807, 2.05) is 18.0 Å². The standard InChI is InChI=1S/C13H19FN2S/c1-5-13(2,3)16(4)10-8-6-7-9(14)11(10)12(15)17/h6-8H,5H2,1-4H3,(H2,15,17). The highest BCUT2D eigenvalue weighted by molar-refractivity contribution is 7.80. The minimum Gasteiger partial charge on any atom is -0.389 e. The molecular formula is C13H19FN2S. The molecule has 0 aliphatic rings. The Bertz CT molecular complexity index is 429. The Morgan fingerprint density at radius 3 is 2.53 bits per heavy atom. The van der Waals surface area contributed by atoms with Crippen LogP contribution in [0.5, 0.6) is 0 Å². The second kappa shape index (κ2) is 5.00.